The minimum atomic E-state index is -1.17. The van der Waals surface area contributed by atoms with Crippen LogP contribution in [-0.2, 0) is 0 Å². The number of hydrogen-bond acceptors (Lipinski definition) is 4. The Kier molecular flexibility index (Phi) is 3.48. The maximum atomic E-state index is 11.4. The molecular formula is C14H13NO3S. The van der Waals surface area contributed by atoms with Gasteiger partial charge < -0.3 is 5.11 Å². The quantitative estimate of drug-likeness (QED) is 0.872. The number of aryl methyl sites for hydroxylation is 2. The lowest BCUT2D eigenvalue weighted by Gasteiger charge is -2.01. The number of ketones is 1. The third-order valence-electron chi connectivity index (χ3n) is 2.90. The van der Waals surface area contributed by atoms with Crippen molar-refractivity contribution in [3.05, 3.63) is 39.9 Å². The smallest absolute Gasteiger partial charge is 0.356 e. The molecule has 0 aliphatic heterocycles. The number of thiazole rings is 1. The lowest BCUT2D eigenvalue weighted by atomic mass is 10.1. The van der Waals surface area contributed by atoms with Crippen molar-refractivity contribution in [1.29, 1.82) is 0 Å². The first kappa shape index (κ1) is 13.4. The summed E-state index contributed by atoms with van der Waals surface area (Å²) in [5.41, 5.74) is 2.94. The Labute approximate surface area is 114 Å². The molecule has 0 amide bonds. The molecule has 0 aliphatic carbocycles. The highest BCUT2D eigenvalue weighted by Gasteiger charge is 2.21. The van der Waals surface area contributed by atoms with Crippen molar-refractivity contribution in [3.8, 4) is 10.6 Å². The molecule has 2 rings (SSSR count). The van der Waals surface area contributed by atoms with Crippen LogP contribution in [-0.4, -0.2) is 21.8 Å². The molecule has 1 aromatic heterocycles. The zero-order valence-corrected chi connectivity index (χ0v) is 11.7. The number of rotatable bonds is 3. The van der Waals surface area contributed by atoms with Gasteiger partial charge in [-0.15, -0.1) is 11.3 Å². The van der Waals surface area contributed by atoms with E-state index in [1.54, 1.807) is 0 Å². The Balaban J connectivity index is 2.57. The minimum absolute atomic E-state index is 0.161. The summed E-state index contributed by atoms with van der Waals surface area (Å²) in [6.45, 7) is 5.34. The minimum Gasteiger partial charge on any atom is -0.476 e. The summed E-state index contributed by atoms with van der Waals surface area (Å²) in [7, 11) is 0. The van der Waals surface area contributed by atoms with Gasteiger partial charge in [-0.25, -0.2) is 9.78 Å². The molecule has 0 radical (unpaired) electrons. The van der Waals surface area contributed by atoms with Crippen molar-refractivity contribution < 1.29 is 14.7 Å². The lowest BCUT2D eigenvalue weighted by molar-refractivity contribution is 0.0687. The van der Waals surface area contributed by atoms with Gasteiger partial charge in [-0.2, -0.15) is 0 Å². The Morgan fingerprint density at radius 3 is 2.37 bits per heavy atom. The molecule has 0 bridgehead atoms. The fourth-order valence-electron chi connectivity index (χ4n) is 1.70. The second-order valence-electron chi connectivity index (χ2n) is 4.36. The first-order valence-electron chi connectivity index (χ1n) is 5.73. The van der Waals surface area contributed by atoms with Gasteiger partial charge in [0.25, 0.3) is 0 Å². The van der Waals surface area contributed by atoms with Crippen LogP contribution in [0.15, 0.2) is 18.2 Å². The number of nitrogens with zero attached hydrogens (tertiary/aromatic N) is 1. The van der Waals surface area contributed by atoms with Gasteiger partial charge in [0, 0.05) is 12.5 Å². The van der Waals surface area contributed by atoms with Crippen LogP contribution in [0.1, 0.15) is 38.2 Å². The van der Waals surface area contributed by atoms with Gasteiger partial charge in [0.15, 0.2) is 11.5 Å². The lowest BCUT2D eigenvalue weighted by Crippen LogP contribution is -2.03. The maximum absolute atomic E-state index is 11.4. The van der Waals surface area contributed by atoms with E-state index in [-0.39, 0.29) is 16.4 Å². The van der Waals surface area contributed by atoms with Crippen LogP contribution in [0.5, 0.6) is 0 Å². The summed E-state index contributed by atoms with van der Waals surface area (Å²) >= 11 is 1.12. The maximum Gasteiger partial charge on any atom is 0.356 e. The first-order chi connectivity index (χ1) is 8.90. The highest BCUT2D eigenvalue weighted by Crippen LogP contribution is 2.29. The fourth-order valence-corrected chi connectivity index (χ4v) is 2.65. The third kappa shape index (κ3) is 2.56. The summed E-state index contributed by atoms with van der Waals surface area (Å²) in [5, 5.41) is 9.63. The van der Waals surface area contributed by atoms with Crippen molar-refractivity contribution in [2.24, 2.45) is 0 Å². The molecule has 1 N–H and O–H groups in total. The summed E-state index contributed by atoms with van der Waals surface area (Å²) in [6.07, 6.45) is 0. The van der Waals surface area contributed by atoms with E-state index in [1.807, 2.05) is 32.0 Å². The monoisotopic (exact) mass is 275 g/mol. The van der Waals surface area contributed by atoms with E-state index in [0.717, 1.165) is 28.0 Å². The van der Waals surface area contributed by atoms with Crippen molar-refractivity contribution in [2.45, 2.75) is 20.8 Å². The molecule has 98 valence electrons. The van der Waals surface area contributed by atoms with E-state index in [4.69, 9.17) is 5.11 Å². The summed E-state index contributed by atoms with van der Waals surface area (Å²) < 4.78 is 0. The van der Waals surface area contributed by atoms with Gasteiger partial charge in [-0.05, 0) is 31.0 Å². The molecule has 1 heterocycles. The molecule has 0 aliphatic rings. The number of aromatic nitrogens is 1. The van der Waals surface area contributed by atoms with Gasteiger partial charge in [-0.3, -0.25) is 4.79 Å². The predicted octanol–water partition coefficient (Wildman–Crippen LogP) is 3.33. The predicted molar refractivity (Wildman–Crippen MR) is 74.0 cm³/mol. The van der Waals surface area contributed by atoms with Gasteiger partial charge in [-0.1, -0.05) is 12.1 Å². The number of Topliss-reactive ketones (excluding diaryl/α,β-unsaturated/α-hetero) is 1. The van der Waals surface area contributed by atoms with E-state index in [9.17, 15) is 9.59 Å². The molecule has 4 nitrogen and oxygen atoms in total. The molecule has 1 aromatic carbocycles. The first-order valence-corrected chi connectivity index (χ1v) is 6.54. The highest BCUT2D eigenvalue weighted by atomic mass is 32.1. The summed E-state index contributed by atoms with van der Waals surface area (Å²) in [4.78, 5) is 26.8. The Morgan fingerprint density at radius 1 is 1.21 bits per heavy atom. The SMILES string of the molecule is CC(=O)c1sc(-c2ccc(C)c(C)c2)nc1C(=O)O. The van der Waals surface area contributed by atoms with Gasteiger partial charge >= 0.3 is 5.97 Å². The Bertz CT molecular complexity index is 642. The normalized spacial score (nSPS) is 10.5. The standard InChI is InChI=1S/C14H13NO3S/c1-7-4-5-10(6-8(7)2)13-15-11(14(17)18)12(19-13)9(3)16/h4-6H,1-3H3,(H,17,18). The number of carboxylic acid groups (broad SMARTS) is 1. The van der Waals surface area contributed by atoms with Crippen LogP contribution in [0.3, 0.4) is 0 Å². The van der Waals surface area contributed by atoms with E-state index in [0.29, 0.717) is 5.01 Å². The molecular weight excluding hydrogens is 262 g/mol. The summed E-state index contributed by atoms with van der Waals surface area (Å²) in [6, 6.07) is 5.79. The average molecular weight is 275 g/mol. The van der Waals surface area contributed by atoms with Crippen LogP contribution in [0.2, 0.25) is 0 Å². The molecule has 2 aromatic rings. The number of carbonyl (C=O) groups is 2. The second kappa shape index (κ2) is 4.93. The Morgan fingerprint density at radius 2 is 1.89 bits per heavy atom. The number of carboxylic acids is 1. The number of carbonyl (C=O) groups excluding carboxylic acids is 1. The molecule has 0 saturated carbocycles. The van der Waals surface area contributed by atoms with Crippen molar-refractivity contribution >= 4 is 23.1 Å². The average Bonchev–Trinajstić information content (AvgIpc) is 2.78. The molecule has 5 heteroatoms. The summed E-state index contributed by atoms with van der Waals surface area (Å²) in [5.74, 6) is -1.44. The van der Waals surface area contributed by atoms with Gasteiger partial charge in [0.05, 0.1) is 0 Å². The fraction of sp³-hybridized carbons (Fsp3) is 0.214. The largest absolute Gasteiger partial charge is 0.476 e. The van der Waals surface area contributed by atoms with E-state index in [1.165, 1.54) is 6.92 Å². The van der Waals surface area contributed by atoms with Crippen LogP contribution in [0.4, 0.5) is 0 Å². The van der Waals surface area contributed by atoms with E-state index < -0.39 is 5.97 Å². The molecule has 0 atom stereocenters. The van der Waals surface area contributed by atoms with Crippen LogP contribution < -0.4 is 0 Å². The molecule has 0 fully saturated rings. The zero-order valence-electron chi connectivity index (χ0n) is 10.9. The van der Waals surface area contributed by atoms with Crippen molar-refractivity contribution in [3.63, 3.8) is 0 Å². The zero-order chi connectivity index (χ0) is 14.2. The van der Waals surface area contributed by atoms with Gasteiger partial charge in [0.1, 0.15) is 9.88 Å². The number of hydrogen-bond donors (Lipinski definition) is 1. The van der Waals surface area contributed by atoms with Crippen molar-refractivity contribution in [1.82, 2.24) is 4.98 Å². The van der Waals surface area contributed by atoms with Crippen LogP contribution >= 0.6 is 11.3 Å². The molecule has 0 saturated heterocycles. The number of benzene rings is 1. The van der Waals surface area contributed by atoms with Crippen molar-refractivity contribution in [2.75, 3.05) is 0 Å². The van der Waals surface area contributed by atoms with Crippen LogP contribution in [0.25, 0.3) is 10.6 Å². The number of aromatic carboxylic acids is 1. The Hall–Kier alpha value is -2.01. The van der Waals surface area contributed by atoms with E-state index >= 15 is 0 Å². The molecule has 0 unspecified atom stereocenters. The molecule has 19 heavy (non-hydrogen) atoms. The van der Waals surface area contributed by atoms with E-state index in [2.05, 4.69) is 4.98 Å². The van der Waals surface area contributed by atoms with Gasteiger partial charge in [0.2, 0.25) is 0 Å². The van der Waals surface area contributed by atoms with Crippen LogP contribution in [0, 0.1) is 13.8 Å². The molecule has 0 spiro atoms. The topological polar surface area (TPSA) is 67.3 Å². The third-order valence-corrected chi connectivity index (χ3v) is 4.11. The highest BCUT2D eigenvalue weighted by molar-refractivity contribution is 7.17. The second-order valence-corrected chi connectivity index (χ2v) is 5.36.